The molecular weight excluding hydrogens is 236 g/mol. The maximum Gasteiger partial charge on any atom is 0.0991 e. The lowest BCUT2D eigenvalue weighted by Gasteiger charge is -2.28. The third-order valence-electron chi connectivity index (χ3n) is 4.52. The van der Waals surface area contributed by atoms with Crippen LogP contribution in [0.2, 0.25) is 0 Å². The Kier molecular flexibility index (Phi) is 3.70. The highest BCUT2D eigenvalue weighted by Gasteiger charge is 2.30. The first kappa shape index (κ1) is 12.5. The first-order chi connectivity index (χ1) is 9.36. The van der Waals surface area contributed by atoms with Crippen LogP contribution in [-0.2, 0) is 4.74 Å². The van der Waals surface area contributed by atoms with E-state index < -0.39 is 0 Å². The molecule has 0 N–H and O–H groups in total. The van der Waals surface area contributed by atoms with Crippen molar-refractivity contribution in [2.75, 3.05) is 31.2 Å². The molecule has 2 heterocycles. The number of benzene rings is 1. The van der Waals surface area contributed by atoms with E-state index in [-0.39, 0.29) is 0 Å². The van der Waals surface area contributed by atoms with Crippen LogP contribution in [0.1, 0.15) is 24.8 Å². The van der Waals surface area contributed by atoms with Crippen LogP contribution in [0.5, 0.6) is 0 Å². The molecule has 2 aliphatic rings. The second-order valence-corrected chi connectivity index (χ2v) is 5.60. The van der Waals surface area contributed by atoms with Gasteiger partial charge >= 0.3 is 0 Å². The topological polar surface area (TPSA) is 36.3 Å². The number of ether oxygens (including phenoxy) is 1. The summed E-state index contributed by atoms with van der Waals surface area (Å²) in [7, 11) is 0. The average Bonchev–Trinajstić information content (AvgIpc) is 2.98. The van der Waals surface area contributed by atoms with Gasteiger partial charge in [-0.3, -0.25) is 0 Å². The minimum Gasteiger partial charge on any atom is -0.381 e. The van der Waals surface area contributed by atoms with Crippen molar-refractivity contribution in [3.8, 4) is 6.07 Å². The lowest BCUT2D eigenvalue weighted by atomic mass is 9.85. The van der Waals surface area contributed by atoms with Gasteiger partial charge in [0.2, 0.25) is 0 Å². The molecule has 2 fully saturated rings. The smallest absolute Gasteiger partial charge is 0.0991 e. The summed E-state index contributed by atoms with van der Waals surface area (Å²) in [5.74, 6) is 1.66. The van der Waals surface area contributed by atoms with Gasteiger partial charge in [0.1, 0.15) is 0 Å². The largest absolute Gasteiger partial charge is 0.381 e. The normalized spacial score (nSPS) is 24.4. The van der Waals surface area contributed by atoms with E-state index in [9.17, 15) is 0 Å². The van der Waals surface area contributed by atoms with Crippen molar-refractivity contribution in [1.29, 1.82) is 5.26 Å². The summed E-state index contributed by atoms with van der Waals surface area (Å²) < 4.78 is 5.45. The first-order valence-corrected chi connectivity index (χ1v) is 7.19. The highest BCUT2D eigenvalue weighted by atomic mass is 16.5. The van der Waals surface area contributed by atoms with E-state index in [0.717, 1.165) is 43.7 Å². The van der Waals surface area contributed by atoms with Crippen LogP contribution in [-0.4, -0.2) is 26.3 Å². The molecular formula is C16H20N2O. The van der Waals surface area contributed by atoms with Crippen molar-refractivity contribution in [2.45, 2.75) is 19.3 Å². The molecule has 2 aliphatic heterocycles. The zero-order valence-corrected chi connectivity index (χ0v) is 11.2. The van der Waals surface area contributed by atoms with Crippen molar-refractivity contribution in [3.05, 3.63) is 29.8 Å². The second kappa shape index (κ2) is 5.63. The van der Waals surface area contributed by atoms with Gasteiger partial charge in [-0.05, 0) is 55.4 Å². The number of rotatable bonds is 2. The number of anilines is 1. The lowest BCUT2D eigenvalue weighted by Crippen LogP contribution is -2.26. The highest BCUT2D eigenvalue weighted by Crippen LogP contribution is 2.33. The van der Waals surface area contributed by atoms with Crippen molar-refractivity contribution < 1.29 is 4.74 Å². The predicted octanol–water partition coefficient (Wildman–Crippen LogP) is 2.81. The van der Waals surface area contributed by atoms with E-state index in [1.807, 2.05) is 12.1 Å². The Bertz CT molecular complexity index is 457. The van der Waals surface area contributed by atoms with Gasteiger partial charge in [-0.15, -0.1) is 0 Å². The molecule has 0 amide bonds. The van der Waals surface area contributed by atoms with Crippen molar-refractivity contribution in [1.82, 2.24) is 0 Å². The quantitative estimate of drug-likeness (QED) is 0.816. The van der Waals surface area contributed by atoms with Gasteiger partial charge in [0.15, 0.2) is 0 Å². The third-order valence-corrected chi connectivity index (χ3v) is 4.52. The number of hydrogen-bond donors (Lipinski definition) is 0. The minimum atomic E-state index is 0.740. The van der Waals surface area contributed by atoms with E-state index in [4.69, 9.17) is 10.00 Å². The molecule has 0 saturated carbocycles. The Hall–Kier alpha value is -1.53. The molecule has 1 aromatic rings. The summed E-state index contributed by atoms with van der Waals surface area (Å²) in [6, 6.07) is 10.1. The van der Waals surface area contributed by atoms with Gasteiger partial charge in [0.05, 0.1) is 11.6 Å². The Morgan fingerprint density at radius 2 is 1.79 bits per heavy atom. The second-order valence-electron chi connectivity index (χ2n) is 5.60. The van der Waals surface area contributed by atoms with Crippen LogP contribution in [0.25, 0.3) is 0 Å². The third kappa shape index (κ3) is 2.74. The van der Waals surface area contributed by atoms with Gasteiger partial charge in [-0.1, -0.05) is 0 Å². The molecule has 3 nitrogen and oxygen atoms in total. The molecule has 3 heteroatoms. The molecule has 1 aromatic carbocycles. The Labute approximate surface area is 114 Å². The van der Waals surface area contributed by atoms with Crippen LogP contribution in [0.15, 0.2) is 24.3 Å². The molecule has 0 aliphatic carbocycles. The molecule has 100 valence electrons. The summed E-state index contributed by atoms with van der Waals surface area (Å²) >= 11 is 0. The van der Waals surface area contributed by atoms with E-state index in [1.54, 1.807) is 0 Å². The SMILES string of the molecule is N#Cc1ccc(N2CCC(C3CCOCC3)C2)cc1. The van der Waals surface area contributed by atoms with Gasteiger partial charge in [-0.2, -0.15) is 5.26 Å². The van der Waals surface area contributed by atoms with E-state index in [1.165, 1.54) is 24.9 Å². The average molecular weight is 256 g/mol. The summed E-state index contributed by atoms with van der Waals surface area (Å²) in [5.41, 5.74) is 2.00. The zero-order chi connectivity index (χ0) is 13.1. The van der Waals surface area contributed by atoms with Gasteiger partial charge < -0.3 is 9.64 Å². The van der Waals surface area contributed by atoms with Crippen LogP contribution < -0.4 is 4.90 Å². The summed E-state index contributed by atoms with van der Waals surface area (Å²) in [5, 5.41) is 8.83. The molecule has 19 heavy (non-hydrogen) atoms. The zero-order valence-electron chi connectivity index (χ0n) is 11.2. The van der Waals surface area contributed by atoms with E-state index >= 15 is 0 Å². The monoisotopic (exact) mass is 256 g/mol. The molecule has 1 atom stereocenters. The molecule has 0 radical (unpaired) electrons. The van der Waals surface area contributed by atoms with Crippen LogP contribution in [0.4, 0.5) is 5.69 Å². The molecule has 1 unspecified atom stereocenters. The van der Waals surface area contributed by atoms with Crippen molar-refractivity contribution >= 4 is 5.69 Å². The fourth-order valence-electron chi connectivity index (χ4n) is 3.34. The molecule has 0 bridgehead atoms. The van der Waals surface area contributed by atoms with Crippen LogP contribution in [0, 0.1) is 23.2 Å². The molecule has 2 saturated heterocycles. The van der Waals surface area contributed by atoms with Gasteiger partial charge in [0, 0.05) is 32.0 Å². The van der Waals surface area contributed by atoms with Gasteiger partial charge in [-0.25, -0.2) is 0 Å². The van der Waals surface area contributed by atoms with E-state index in [0.29, 0.717) is 0 Å². The molecule has 0 spiro atoms. The van der Waals surface area contributed by atoms with Gasteiger partial charge in [0.25, 0.3) is 0 Å². The maximum atomic E-state index is 8.83. The Morgan fingerprint density at radius 1 is 1.05 bits per heavy atom. The number of nitriles is 1. The molecule has 0 aromatic heterocycles. The Morgan fingerprint density at radius 3 is 2.47 bits per heavy atom. The maximum absolute atomic E-state index is 8.83. The summed E-state index contributed by atoms with van der Waals surface area (Å²) in [6.45, 7) is 4.19. The predicted molar refractivity (Wildman–Crippen MR) is 75.0 cm³/mol. The number of hydrogen-bond acceptors (Lipinski definition) is 3. The number of nitrogens with zero attached hydrogens (tertiary/aromatic N) is 2. The first-order valence-electron chi connectivity index (χ1n) is 7.19. The van der Waals surface area contributed by atoms with E-state index in [2.05, 4.69) is 23.1 Å². The van der Waals surface area contributed by atoms with Crippen LogP contribution in [0.3, 0.4) is 0 Å². The lowest BCUT2D eigenvalue weighted by molar-refractivity contribution is 0.0500. The Balaban J connectivity index is 1.63. The summed E-state index contributed by atoms with van der Waals surface area (Å²) in [4.78, 5) is 2.46. The fraction of sp³-hybridized carbons (Fsp3) is 0.562. The minimum absolute atomic E-state index is 0.740. The summed E-state index contributed by atoms with van der Waals surface area (Å²) in [6.07, 6.45) is 3.75. The highest BCUT2D eigenvalue weighted by molar-refractivity contribution is 5.50. The van der Waals surface area contributed by atoms with Crippen molar-refractivity contribution in [3.63, 3.8) is 0 Å². The molecule has 3 rings (SSSR count). The standard InChI is InChI=1S/C16H20N2O/c17-11-13-1-3-16(4-2-13)18-8-5-15(12-18)14-6-9-19-10-7-14/h1-4,14-15H,5-10,12H2. The van der Waals surface area contributed by atoms with Crippen LogP contribution >= 0.6 is 0 Å². The van der Waals surface area contributed by atoms with Crippen molar-refractivity contribution in [2.24, 2.45) is 11.8 Å². The fourth-order valence-corrected chi connectivity index (χ4v) is 3.34.